The molecule has 0 aliphatic rings. The second kappa shape index (κ2) is 17.2. The molecule has 2 aromatic rings. The van der Waals surface area contributed by atoms with Crippen molar-refractivity contribution < 1.29 is 4.48 Å². The minimum absolute atomic E-state index is 1.23. The molecule has 32 heavy (non-hydrogen) atoms. The van der Waals surface area contributed by atoms with E-state index >= 15 is 0 Å². The van der Waals surface area contributed by atoms with Crippen molar-refractivity contribution in [1.29, 1.82) is 0 Å². The Kier molecular flexibility index (Phi) is 16.0. The summed E-state index contributed by atoms with van der Waals surface area (Å²) in [7, 11) is 0. The van der Waals surface area contributed by atoms with Gasteiger partial charge in [0.25, 0.3) is 0 Å². The third kappa shape index (κ3) is 10.8. The van der Waals surface area contributed by atoms with Crippen molar-refractivity contribution in [3.8, 4) is 0 Å². The maximum atomic E-state index is 5.73. The van der Waals surface area contributed by atoms with Crippen molar-refractivity contribution in [1.82, 2.24) is 0 Å². The monoisotopic (exact) mass is 539 g/mol. The predicted octanol–water partition coefficient (Wildman–Crippen LogP) is 7.20. The van der Waals surface area contributed by atoms with E-state index in [1.807, 2.05) is 36.4 Å². The molecule has 0 heterocycles. The van der Waals surface area contributed by atoms with Crippen LogP contribution in [0.4, 0.5) is 0 Å². The Balaban J connectivity index is 0.000000321. The van der Waals surface area contributed by atoms with Crippen LogP contribution in [-0.4, -0.2) is 45.8 Å². The van der Waals surface area contributed by atoms with E-state index in [1.54, 1.807) is 0 Å². The zero-order valence-corrected chi connectivity index (χ0v) is 24.4. The van der Waals surface area contributed by atoms with Gasteiger partial charge in [-0.15, -0.1) is 0 Å². The molecule has 0 saturated carbocycles. The van der Waals surface area contributed by atoms with E-state index in [4.69, 9.17) is 12.2 Å². The molecule has 0 N–H and O–H groups in total. The van der Waals surface area contributed by atoms with E-state index in [9.17, 15) is 0 Å². The average molecular weight is 539 g/mol. The average Bonchev–Trinajstić information content (AvgIpc) is 2.84. The number of quaternary nitrogens is 1. The van der Waals surface area contributed by atoms with Gasteiger partial charge in [-0.25, -0.2) is 0 Å². The number of hydrogen-bond donors (Lipinski definition) is 0. The zero-order valence-electron chi connectivity index (χ0n) is 21.0. The molecule has 0 spiro atoms. The zero-order chi connectivity index (χ0) is 23.7. The Bertz CT molecular complexity index is 670. The summed E-state index contributed by atoms with van der Waals surface area (Å²) in [6, 6.07) is 20.6. The van der Waals surface area contributed by atoms with Gasteiger partial charge in [0, 0.05) is 0 Å². The molecule has 0 unspecified atom stereocenters. The van der Waals surface area contributed by atoms with Gasteiger partial charge in [-0.05, 0) is 25.7 Å². The van der Waals surface area contributed by atoms with Crippen molar-refractivity contribution >= 4 is 42.7 Å². The van der Waals surface area contributed by atoms with Gasteiger partial charge in [-0.3, -0.25) is 0 Å². The predicted molar refractivity (Wildman–Crippen MR) is 152 cm³/mol. The number of benzene rings is 2. The van der Waals surface area contributed by atoms with Crippen LogP contribution < -0.4 is 10.6 Å². The van der Waals surface area contributed by atoms with Crippen LogP contribution in [0.15, 0.2) is 60.7 Å². The summed E-state index contributed by atoms with van der Waals surface area (Å²) in [4.78, 5) is 0. The molecule has 4 heteroatoms. The van der Waals surface area contributed by atoms with Crippen molar-refractivity contribution in [3.05, 3.63) is 60.7 Å². The summed E-state index contributed by atoms with van der Waals surface area (Å²) in [5.74, 6) is 0. The normalized spacial score (nSPS) is 11.7. The van der Waals surface area contributed by atoms with Crippen LogP contribution in [0, 0.1) is 0 Å². The molecule has 0 aliphatic carbocycles. The summed E-state index contributed by atoms with van der Waals surface area (Å²) in [5, 5.41) is 2.46. The van der Waals surface area contributed by atoms with Crippen LogP contribution in [0.2, 0.25) is 0 Å². The molecule has 0 amide bonds. The Morgan fingerprint density at radius 1 is 0.594 bits per heavy atom. The van der Waals surface area contributed by atoms with E-state index in [-0.39, 0.29) is 0 Å². The van der Waals surface area contributed by atoms with E-state index in [0.717, 1.165) is 0 Å². The van der Waals surface area contributed by atoms with Crippen molar-refractivity contribution in [2.45, 2.75) is 79.1 Å². The quantitative estimate of drug-likeness (QED) is 0.106. The molecule has 0 bridgehead atoms. The van der Waals surface area contributed by atoms with Gasteiger partial charge < -0.3 is 4.48 Å². The molecule has 0 radical (unpaired) electrons. The first kappa shape index (κ1) is 29.7. The summed E-state index contributed by atoms with van der Waals surface area (Å²) in [6.45, 7) is 15.0. The second-order valence-corrected chi connectivity index (χ2v) is 17.7. The number of rotatable bonds is 14. The van der Waals surface area contributed by atoms with Crippen LogP contribution in [0.1, 0.15) is 79.1 Å². The van der Waals surface area contributed by atoms with Gasteiger partial charge in [0.2, 0.25) is 0 Å². The summed E-state index contributed by atoms with van der Waals surface area (Å²) in [5.41, 5.74) is 0. The molecule has 2 rings (SSSR count). The fraction of sp³-hybridized carbons (Fsp3) is 0.571. The van der Waals surface area contributed by atoms with E-state index in [2.05, 4.69) is 67.1 Å². The van der Waals surface area contributed by atoms with Crippen LogP contribution in [0.5, 0.6) is 0 Å². The summed E-state index contributed by atoms with van der Waals surface area (Å²) < 4.78 is -0.269. The first-order valence-corrected chi connectivity index (χ1v) is 17.7. The molecule has 0 saturated heterocycles. The van der Waals surface area contributed by atoms with Gasteiger partial charge in [0.1, 0.15) is 0 Å². The van der Waals surface area contributed by atoms with Crippen LogP contribution in [-0.2, 0) is 12.2 Å². The molecule has 0 aliphatic heterocycles. The van der Waals surface area contributed by atoms with E-state index in [1.165, 1.54) is 92.6 Å². The molecule has 2 aromatic carbocycles. The number of unbranched alkanes of at least 4 members (excludes halogenated alkanes) is 4. The van der Waals surface area contributed by atoms with Gasteiger partial charge in [0.05, 0.1) is 26.2 Å². The molecule has 0 aromatic heterocycles. The fourth-order valence-electron chi connectivity index (χ4n) is 4.04. The first-order chi connectivity index (χ1) is 15.5. The van der Waals surface area contributed by atoms with Crippen molar-refractivity contribution in [2.24, 2.45) is 0 Å². The third-order valence-corrected chi connectivity index (χ3v) is 12.0. The van der Waals surface area contributed by atoms with Crippen molar-refractivity contribution in [2.75, 3.05) is 26.2 Å². The first-order valence-electron chi connectivity index (χ1n) is 12.7. The molecule has 1 nitrogen and oxygen atoms in total. The number of hydrogen-bond acceptors (Lipinski definition) is 1. The third-order valence-electron chi connectivity index (χ3n) is 6.14. The SMILES string of the molecule is CCCC[N+](CCCC)(CCCC)CCCC.[S-]P(=[Se])(c1ccccc1)c1ccccc1. The van der Waals surface area contributed by atoms with Gasteiger partial charge in [-0.2, -0.15) is 0 Å². The maximum absolute atomic E-state index is 5.73. The van der Waals surface area contributed by atoms with Gasteiger partial charge in [-0.1, -0.05) is 53.4 Å². The molecular weight excluding hydrogens is 492 g/mol. The Labute approximate surface area is 212 Å². The Hall–Kier alpha value is -0.301. The van der Waals surface area contributed by atoms with Gasteiger partial charge >= 0.3 is 103 Å². The molecular formula is C28H46NPSSe. The topological polar surface area (TPSA) is 0 Å². The van der Waals surface area contributed by atoms with Crippen LogP contribution in [0.3, 0.4) is 0 Å². The standard InChI is InChI=1S/C16H36N.C12H11PSSe/c1-5-9-13-17(14-10-6-2,15-11-7-3)16-12-8-4;14-13(15,11-7-3-1-4-8-11)12-9-5-2-6-10-12/h5-16H2,1-4H3;1-10H,(H,14,15)/q+1;/p-1. The molecule has 180 valence electrons. The number of nitrogens with zero attached hydrogens (tertiary/aromatic N) is 1. The Morgan fingerprint density at radius 2 is 0.875 bits per heavy atom. The van der Waals surface area contributed by atoms with Crippen LogP contribution >= 0.6 is 4.71 Å². The second-order valence-electron chi connectivity index (χ2n) is 8.87. The van der Waals surface area contributed by atoms with E-state index in [0.29, 0.717) is 0 Å². The van der Waals surface area contributed by atoms with Crippen molar-refractivity contribution in [3.63, 3.8) is 0 Å². The van der Waals surface area contributed by atoms with Crippen LogP contribution in [0.25, 0.3) is 0 Å². The molecule has 0 fully saturated rings. The summed E-state index contributed by atoms with van der Waals surface area (Å²) >= 11 is 8.94. The van der Waals surface area contributed by atoms with E-state index < -0.39 is 4.71 Å². The fourth-order valence-corrected chi connectivity index (χ4v) is 7.73. The molecule has 0 atom stereocenters. The summed E-state index contributed by atoms with van der Waals surface area (Å²) in [6.07, 6.45) is 11.1. The van der Waals surface area contributed by atoms with Gasteiger partial charge in [0.15, 0.2) is 0 Å². The minimum atomic E-state index is -1.69. The Morgan fingerprint density at radius 3 is 1.12 bits per heavy atom.